The molecule has 10 heteroatoms. The summed E-state index contributed by atoms with van der Waals surface area (Å²) in [6, 6.07) is 3.58. The van der Waals surface area contributed by atoms with Crippen molar-refractivity contribution in [1.82, 2.24) is 25.3 Å². The molecule has 2 aromatic heterocycles. The first-order valence-electron chi connectivity index (χ1n) is 11.5. The van der Waals surface area contributed by atoms with E-state index in [1.54, 1.807) is 30.1 Å². The maximum absolute atomic E-state index is 11.9. The predicted octanol–water partition coefficient (Wildman–Crippen LogP) is 2.79. The zero-order valence-corrected chi connectivity index (χ0v) is 19.3. The fourth-order valence-electron chi connectivity index (χ4n) is 4.01. The average molecular weight is 460 g/mol. The standard InChI is InChI=1S/C23H33N5O5/c1-3-4-5-11-32-22(31)25-14-20-21(26-27-28(20)2)19-9-8-18(13-24-19)33-17-7-6-10-23(12-17,15-29)16-30/h8-9,13,15,17,30H,3-7,10-12,14,16H2,1-2H3,(H,25,31)/t17-,23?/m0/s1. The molecule has 180 valence electrons. The van der Waals surface area contributed by atoms with E-state index in [1.807, 2.05) is 0 Å². The van der Waals surface area contributed by atoms with E-state index < -0.39 is 11.5 Å². The molecule has 2 aromatic rings. The van der Waals surface area contributed by atoms with Crippen LogP contribution < -0.4 is 10.1 Å². The summed E-state index contributed by atoms with van der Waals surface area (Å²) < 4.78 is 12.8. The molecule has 2 heterocycles. The lowest BCUT2D eigenvalue weighted by Crippen LogP contribution is -2.38. The summed E-state index contributed by atoms with van der Waals surface area (Å²) in [7, 11) is 1.75. The van der Waals surface area contributed by atoms with Crippen LogP contribution in [0.5, 0.6) is 5.75 Å². The van der Waals surface area contributed by atoms with Crippen LogP contribution in [0.2, 0.25) is 0 Å². The van der Waals surface area contributed by atoms with Crippen LogP contribution in [0.3, 0.4) is 0 Å². The Morgan fingerprint density at radius 3 is 2.94 bits per heavy atom. The molecule has 3 rings (SSSR count). The van der Waals surface area contributed by atoms with Gasteiger partial charge in [0.2, 0.25) is 0 Å². The fraction of sp³-hybridized carbons (Fsp3) is 0.609. The van der Waals surface area contributed by atoms with Crippen molar-refractivity contribution in [2.75, 3.05) is 13.2 Å². The number of ether oxygens (including phenoxy) is 2. The summed E-state index contributed by atoms with van der Waals surface area (Å²) in [5.41, 5.74) is 1.15. The minimum Gasteiger partial charge on any atom is -0.489 e. The predicted molar refractivity (Wildman–Crippen MR) is 120 cm³/mol. The van der Waals surface area contributed by atoms with Gasteiger partial charge in [0.15, 0.2) is 0 Å². The summed E-state index contributed by atoms with van der Waals surface area (Å²) in [6.45, 7) is 2.53. The summed E-state index contributed by atoms with van der Waals surface area (Å²) in [5, 5.41) is 20.6. The minimum absolute atomic E-state index is 0.150. The second-order valence-corrected chi connectivity index (χ2v) is 8.56. The van der Waals surface area contributed by atoms with Gasteiger partial charge in [0.25, 0.3) is 0 Å². The molecule has 0 aliphatic heterocycles. The molecule has 33 heavy (non-hydrogen) atoms. The number of carbonyl (C=O) groups excluding carboxylic acids is 2. The van der Waals surface area contributed by atoms with Crippen molar-refractivity contribution in [3.05, 3.63) is 24.0 Å². The first-order valence-corrected chi connectivity index (χ1v) is 11.5. The first-order chi connectivity index (χ1) is 16.0. The van der Waals surface area contributed by atoms with Crippen molar-refractivity contribution in [2.45, 2.75) is 64.5 Å². The second kappa shape index (κ2) is 11.7. The number of unbranched alkanes of at least 4 members (excludes halogenated alkanes) is 2. The van der Waals surface area contributed by atoms with Crippen molar-refractivity contribution >= 4 is 12.4 Å². The molecule has 1 amide bonds. The highest BCUT2D eigenvalue weighted by Gasteiger charge is 2.36. The summed E-state index contributed by atoms with van der Waals surface area (Å²) in [6.07, 6.45) is 7.59. The number of nitrogens with one attached hydrogen (secondary N) is 1. The Bertz CT molecular complexity index is 916. The summed E-state index contributed by atoms with van der Waals surface area (Å²) >= 11 is 0. The van der Waals surface area contributed by atoms with E-state index in [0.29, 0.717) is 42.3 Å². The van der Waals surface area contributed by atoms with Gasteiger partial charge in [-0.2, -0.15) is 0 Å². The smallest absolute Gasteiger partial charge is 0.407 e. The molecule has 1 fully saturated rings. The quantitative estimate of drug-likeness (QED) is 0.388. The molecule has 0 bridgehead atoms. The number of pyridine rings is 1. The summed E-state index contributed by atoms with van der Waals surface area (Å²) in [4.78, 5) is 27.8. The fourth-order valence-corrected chi connectivity index (χ4v) is 4.01. The van der Waals surface area contributed by atoms with E-state index in [9.17, 15) is 14.7 Å². The van der Waals surface area contributed by atoms with Gasteiger partial charge in [-0.1, -0.05) is 25.0 Å². The van der Waals surface area contributed by atoms with Crippen molar-refractivity contribution in [3.63, 3.8) is 0 Å². The van der Waals surface area contributed by atoms with Gasteiger partial charge in [-0.25, -0.2) is 9.48 Å². The highest BCUT2D eigenvalue weighted by molar-refractivity contribution is 5.67. The van der Waals surface area contributed by atoms with Crippen molar-refractivity contribution < 1.29 is 24.2 Å². The third-order valence-electron chi connectivity index (χ3n) is 6.01. The zero-order chi connectivity index (χ0) is 23.7. The second-order valence-electron chi connectivity index (χ2n) is 8.56. The molecule has 0 aromatic carbocycles. The lowest BCUT2D eigenvalue weighted by molar-refractivity contribution is -0.122. The number of hydrogen-bond acceptors (Lipinski definition) is 8. The number of aryl methyl sites for hydroxylation is 1. The monoisotopic (exact) mass is 459 g/mol. The van der Waals surface area contributed by atoms with Gasteiger partial charge in [-0.3, -0.25) is 4.98 Å². The average Bonchev–Trinajstić information content (AvgIpc) is 3.21. The van der Waals surface area contributed by atoms with Gasteiger partial charge >= 0.3 is 6.09 Å². The maximum atomic E-state index is 11.9. The highest BCUT2D eigenvalue weighted by atomic mass is 16.5. The van der Waals surface area contributed by atoms with Crippen LogP contribution in [0, 0.1) is 5.41 Å². The number of aliphatic hydroxyl groups is 1. The topological polar surface area (TPSA) is 128 Å². The Morgan fingerprint density at radius 1 is 1.39 bits per heavy atom. The van der Waals surface area contributed by atoms with Gasteiger partial charge in [0, 0.05) is 7.05 Å². The maximum Gasteiger partial charge on any atom is 0.407 e. The van der Waals surface area contributed by atoms with Gasteiger partial charge in [-0.15, -0.1) is 5.10 Å². The van der Waals surface area contributed by atoms with Gasteiger partial charge in [0.05, 0.1) is 48.9 Å². The van der Waals surface area contributed by atoms with Crippen molar-refractivity contribution in [1.29, 1.82) is 0 Å². The van der Waals surface area contributed by atoms with E-state index in [0.717, 1.165) is 38.4 Å². The number of aromatic nitrogens is 4. The van der Waals surface area contributed by atoms with Crippen LogP contribution in [0.15, 0.2) is 18.3 Å². The lowest BCUT2D eigenvalue weighted by Gasteiger charge is -2.35. The SMILES string of the molecule is CCCCCOC(=O)NCc1c(-c2ccc(O[C@H]3CCCC(C=O)(CO)C3)cn2)nnn1C. The van der Waals surface area contributed by atoms with Crippen LogP contribution in [0.4, 0.5) is 4.79 Å². The first kappa shape index (κ1) is 24.6. The molecule has 2 atom stereocenters. The molecule has 0 spiro atoms. The Hall–Kier alpha value is -3.01. The van der Waals surface area contributed by atoms with Crippen molar-refractivity contribution in [2.24, 2.45) is 12.5 Å². The number of hydrogen-bond donors (Lipinski definition) is 2. The molecular formula is C23H33N5O5. The minimum atomic E-state index is -0.713. The number of aldehydes is 1. The van der Waals surface area contributed by atoms with Gasteiger partial charge < -0.3 is 24.7 Å². The molecule has 0 radical (unpaired) electrons. The lowest BCUT2D eigenvalue weighted by atomic mass is 9.74. The van der Waals surface area contributed by atoms with E-state index in [-0.39, 0.29) is 19.3 Å². The Balaban J connectivity index is 1.60. The molecule has 1 saturated carbocycles. The van der Waals surface area contributed by atoms with Gasteiger partial charge in [0.1, 0.15) is 17.7 Å². The van der Waals surface area contributed by atoms with E-state index >= 15 is 0 Å². The number of alkyl carbamates (subject to hydrolysis) is 1. The van der Waals surface area contributed by atoms with E-state index in [2.05, 4.69) is 27.5 Å². The summed E-state index contributed by atoms with van der Waals surface area (Å²) in [5.74, 6) is 0.586. The molecule has 10 nitrogen and oxygen atoms in total. The molecular weight excluding hydrogens is 426 g/mol. The third kappa shape index (κ3) is 6.50. The van der Waals surface area contributed by atoms with E-state index in [1.165, 1.54) is 0 Å². The molecule has 2 N–H and O–H groups in total. The number of rotatable bonds is 11. The van der Waals surface area contributed by atoms with Crippen molar-refractivity contribution in [3.8, 4) is 17.1 Å². The third-order valence-corrected chi connectivity index (χ3v) is 6.01. The molecule has 0 saturated heterocycles. The number of nitrogens with zero attached hydrogens (tertiary/aromatic N) is 4. The number of aliphatic hydroxyl groups excluding tert-OH is 1. The Labute approximate surface area is 193 Å². The number of carbonyl (C=O) groups is 2. The Kier molecular flexibility index (Phi) is 8.76. The number of amides is 1. The largest absolute Gasteiger partial charge is 0.489 e. The normalized spacial score (nSPS) is 20.3. The van der Waals surface area contributed by atoms with Crippen LogP contribution >= 0.6 is 0 Å². The van der Waals surface area contributed by atoms with Crippen LogP contribution in [-0.4, -0.2) is 56.8 Å². The van der Waals surface area contributed by atoms with Crippen LogP contribution in [0.1, 0.15) is 57.6 Å². The van der Waals surface area contributed by atoms with Crippen LogP contribution in [0.25, 0.3) is 11.4 Å². The zero-order valence-electron chi connectivity index (χ0n) is 19.3. The Morgan fingerprint density at radius 2 is 2.24 bits per heavy atom. The van der Waals surface area contributed by atoms with Crippen LogP contribution in [-0.2, 0) is 23.1 Å². The highest BCUT2D eigenvalue weighted by Crippen LogP contribution is 2.36. The van der Waals surface area contributed by atoms with E-state index in [4.69, 9.17) is 9.47 Å². The molecule has 1 aliphatic rings. The molecule has 1 aliphatic carbocycles. The van der Waals surface area contributed by atoms with Gasteiger partial charge in [-0.05, 0) is 44.2 Å². The molecule has 1 unspecified atom stereocenters.